The largest absolute Gasteiger partial charge is 0.416 e. The summed E-state index contributed by atoms with van der Waals surface area (Å²) in [5.41, 5.74) is 0.262. The van der Waals surface area contributed by atoms with Gasteiger partial charge in [-0.05, 0) is 43.4 Å². The lowest BCUT2D eigenvalue weighted by Gasteiger charge is -2.33. The molecule has 0 fully saturated rings. The fraction of sp³-hybridized carbons (Fsp3) is 0.647. The summed E-state index contributed by atoms with van der Waals surface area (Å²) in [5, 5.41) is 3.21. The third-order valence-electron chi connectivity index (χ3n) is 4.20. The van der Waals surface area contributed by atoms with Crippen LogP contribution in [0.4, 0.5) is 13.2 Å². The first-order valence-electron chi connectivity index (χ1n) is 7.67. The van der Waals surface area contributed by atoms with Gasteiger partial charge in [-0.15, -0.1) is 0 Å². The molecule has 0 bridgehead atoms. The molecular formula is C17H26F3N. The summed E-state index contributed by atoms with van der Waals surface area (Å²) in [4.78, 5) is 0. The number of benzene rings is 1. The Morgan fingerprint density at radius 2 is 1.86 bits per heavy atom. The van der Waals surface area contributed by atoms with Crippen molar-refractivity contribution in [3.63, 3.8) is 0 Å². The molecule has 0 amide bonds. The monoisotopic (exact) mass is 301 g/mol. The average Bonchev–Trinajstić information content (AvgIpc) is 2.44. The zero-order chi connectivity index (χ0) is 15.9. The number of alkyl halides is 3. The zero-order valence-electron chi connectivity index (χ0n) is 13.2. The Labute approximate surface area is 125 Å². The minimum Gasteiger partial charge on any atom is -0.319 e. The summed E-state index contributed by atoms with van der Waals surface area (Å²) in [7, 11) is 1.91. The van der Waals surface area contributed by atoms with Crippen LogP contribution in [0, 0.1) is 5.41 Å². The molecule has 0 spiro atoms. The van der Waals surface area contributed by atoms with Crippen LogP contribution in [0.1, 0.15) is 50.7 Å². The standard InChI is InChI=1S/C17H26F3N/c1-4-6-10-16(5-2,13-21-3)12-14-8-7-9-15(11-14)17(18,19)20/h7-9,11,21H,4-6,10,12-13H2,1-3H3. The Kier molecular flexibility index (Phi) is 6.72. The average molecular weight is 301 g/mol. The summed E-state index contributed by atoms with van der Waals surface area (Å²) in [6.45, 7) is 5.10. The lowest BCUT2D eigenvalue weighted by molar-refractivity contribution is -0.137. The number of rotatable bonds is 8. The molecule has 0 saturated carbocycles. The van der Waals surface area contributed by atoms with Crippen molar-refractivity contribution < 1.29 is 13.2 Å². The van der Waals surface area contributed by atoms with Gasteiger partial charge in [0.05, 0.1) is 5.56 Å². The van der Waals surface area contributed by atoms with E-state index in [4.69, 9.17) is 0 Å². The Morgan fingerprint density at radius 3 is 2.38 bits per heavy atom. The summed E-state index contributed by atoms with van der Waals surface area (Å²) < 4.78 is 38.5. The van der Waals surface area contributed by atoms with Crippen molar-refractivity contribution in [3.8, 4) is 0 Å². The van der Waals surface area contributed by atoms with Crippen LogP contribution in [-0.4, -0.2) is 13.6 Å². The minimum atomic E-state index is -4.27. The van der Waals surface area contributed by atoms with Crippen molar-refractivity contribution in [2.45, 2.75) is 52.1 Å². The molecule has 0 aliphatic carbocycles. The molecule has 0 aromatic heterocycles. The molecule has 1 aromatic rings. The van der Waals surface area contributed by atoms with Crippen LogP contribution in [0.3, 0.4) is 0 Å². The molecule has 1 aromatic carbocycles. The van der Waals surface area contributed by atoms with Crippen LogP contribution >= 0.6 is 0 Å². The topological polar surface area (TPSA) is 12.0 Å². The van der Waals surface area contributed by atoms with Crippen LogP contribution in [0.5, 0.6) is 0 Å². The van der Waals surface area contributed by atoms with E-state index in [1.54, 1.807) is 6.07 Å². The number of unbranched alkanes of at least 4 members (excludes halogenated alkanes) is 1. The molecule has 1 nitrogen and oxygen atoms in total. The molecule has 0 heterocycles. The van der Waals surface area contributed by atoms with Crippen molar-refractivity contribution in [3.05, 3.63) is 35.4 Å². The van der Waals surface area contributed by atoms with E-state index in [0.29, 0.717) is 6.42 Å². The van der Waals surface area contributed by atoms with Gasteiger partial charge in [0.15, 0.2) is 0 Å². The summed E-state index contributed by atoms with van der Waals surface area (Å²) >= 11 is 0. The summed E-state index contributed by atoms with van der Waals surface area (Å²) in [5.74, 6) is 0. The van der Waals surface area contributed by atoms with E-state index in [1.807, 2.05) is 7.05 Å². The first-order chi connectivity index (χ1) is 9.87. The van der Waals surface area contributed by atoms with E-state index in [9.17, 15) is 13.2 Å². The third-order valence-corrected chi connectivity index (χ3v) is 4.20. The van der Waals surface area contributed by atoms with Gasteiger partial charge in [0.2, 0.25) is 0 Å². The van der Waals surface area contributed by atoms with E-state index in [1.165, 1.54) is 12.1 Å². The van der Waals surface area contributed by atoms with Crippen LogP contribution in [-0.2, 0) is 12.6 Å². The lowest BCUT2D eigenvalue weighted by atomic mass is 9.75. The normalized spacial score (nSPS) is 15.0. The van der Waals surface area contributed by atoms with Crippen LogP contribution in [0.2, 0.25) is 0 Å². The van der Waals surface area contributed by atoms with Gasteiger partial charge in [0, 0.05) is 6.54 Å². The Morgan fingerprint density at radius 1 is 1.14 bits per heavy atom. The molecule has 120 valence electrons. The summed E-state index contributed by atoms with van der Waals surface area (Å²) in [6.07, 6.45) is 0.634. The number of hydrogen-bond acceptors (Lipinski definition) is 1. The molecule has 1 N–H and O–H groups in total. The van der Waals surface area contributed by atoms with E-state index in [0.717, 1.165) is 43.9 Å². The maximum atomic E-state index is 12.8. The van der Waals surface area contributed by atoms with Crippen molar-refractivity contribution in [2.24, 2.45) is 5.41 Å². The molecule has 21 heavy (non-hydrogen) atoms. The maximum Gasteiger partial charge on any atom is 0.416 e. The van der Waals surface area contributed by atoms with E-state index < -0.39 is 11.7 Å². The van der Waals surface area contributed by atoms with Gasteiger partial charge < -0.3 is 5.32 Å². The fourth-order valence-corrected chi connectivity index (χ4v) is 2.88. The minimum absolute atomic E-state index is 0.0367. The van der Waals surface area contributed by atoms with Gasteiger partial charge in [-0.25, -0.2) is 0 Å². The molecule has 4 heteroatoms. The van der Waals surface area contributed by atoms with E-state index in [-0.39, 0.29) is 5.41 Å². The van der Waals surface area contributed by atoms with Crippen molar-refractivity contribution >= 4 is 0 Å². The van der Waals surface area contributed by atoms with E-state index >= 15 is 0 Å². The second-order valence-electron chi connectivity index (χ2n) is 5.86. The summed E-state index contributed by atoms with van der Waals surface area (Å²) in [6, 6.07) is 5.76. The van der Waals surface area contributed by atoms with Gasteiger partial charge in [0.25, 0.3) is 0 Å². The zero-order valence-corrected chi connectivity index (χ0v) is 13.2. The lowest BCUT2D eigenvalue weighted by Crippen LogP contribution is -2.34. The predicted octanol–water partition coefficient (Wildman–Crippen LogP) is 5.05. The van der Waals surface area contributed by atoms with Crippen LogP contribution in [0.25, 0.3) is 0 Å². The van der Waals surface area contributed by atoms with Gasteiger partial charge >= 0.3 is 6.18 Å². The van der Waals surface area contributed by atoms with Crippen LogP contribution < -0.4 is 5.32 Å². The van der Waals surface area contributed by atoms with Gasteiger partial charge in [-0.1, -0.05) is 44.9 Å². The Bertz CT molecular complexity index is 428. The van der Waals surface area contributed by atoms with E-state index in [2.05, 4.69) is 19.2 Å². The predicted molar refractivity (Wildman–Crippen MR) is 81.3 cm³/mol. The first kappa shape index (κ1) is 18.0. The van der Waals surface area contributed by atoms with Gasteiger partial charge in [-0.2, -0.15) is 13.2 Å². The highest BCUT2D eigenvalue weighted by molar-refractivity contribution is 5.26. The maximum absolute atomic E-state index is 12.8. The van der Waals surface area contributed by atoms with Crippen LogP contribution in [0.15, 0.2) is 24.3 Å². The third kappa shape index (κ3) is 5.34. The Hall–Kier alpha value is -1.03. The molecular weight excluding hydrogens is 275 g/mol. The van der Waals surface area contributed by atoms with Gasteiger partial charge in [-0.3, -0.25) is 0 Å². The first-order valence-corrected chi connectivity index (χ1v) is 7.67. The molecule has 0 saturated heterocycles. The molecule has 1 atom stereocenters. The highest BCUT2D eigenvalue weighted by atomic mass is 19.4. The molecule has 1 unspecified atom stereocenters. The van der Waals surface area contributed by atoms with Crippen molar-refractivity contribution in [2.75, 3.05) is 13.6 Å². The van der Waals surface area contributed by atoms with Gasteiger partial charge in [0.1, 0.15) is 0 Å². The molecule has 0 aliphatic heterocycles. The SMILES string of the molecule is CCCCC(CC)(CNC)Cc1cccc(C(F)(F)F)c1. The number of nitrogens with one attached hydrogen (secondary N) is 1. The highest BCUT2D eigenvalue weighted by Crippen LogP contribution is 2.35. The molecule has 0 aliphatic rings. The highest BCUT2D eigenvalue weighted by Gasteiger charge is 2.32. The van der Waals surface area contributed by atoms with Crippen molar-refractivity contribution in [1.29, 1.82) is 0 Å². The number of hydrogen-bond donors (Lipinski definition) is 1. The smallest absolute Gasteiger partial charge is 0.319 e. The Balaban J connectivity index is 2.97. The fourth-order valence-electron chi connectivity index (χ4n) is 2.88. The second kappa shape index (κ2) is 7.83. The molecule has 0 radical (unpaired) electrons. The molecule has 1 rings (SSSR count). The quantitative estimate of drug-likeness (QED) is 0.708. The number of halogens is 3. The second-order valence-corrected chi connectivity index (χ2v) is 5.86. The van der Waals surface area contributed by atoms with Crippen molar-refractivity contribution in [1.82, 2.24) is 5.32 Å².